The Hall–Kier alpha value is -1.10. The second-order valence-electron chi connectivity index (χ2n) is 5.53. The molecule has 1 saturated heterocycles. The fourth-order valence-corrected chi connectivity index (χ4v) is 2.42. The molecule has 0 spiro atoms. The van der Waals surface area contributed by atoms with Gasteiger partial charge in [0.25, 0.3) is 0 Å². The molecule has 5 heteroatoms. The highest BCUT2D eigenvalue weighted by atomic mass is 16.4. The lowest BCUT2D eigenvalue weighted by Crippen LogP contribution is -2.36. The van der Waals surface area contributed by atoms with E-state index in [1.54, 1.807) is 0 Å². The van der Waals surface area contributed by atoms with Crippen molar-refractivity contribution in [1.29, 1.82) is 0 Å². The van der Waals surface area contributed by atoms with E-state index < -0.39 is 5.97 Å². The van der Waals surface area contributed by atoms with Gasteiger partial charge in [-0.15, -0.1) is 0 Å². The van der Waals surface area contributed by atoms with E-state index in [2.05, 4.69) is 24.5 Å². The quantitative estimate of drug-likeness (QED) is 0.631. The van der Waals surface area contributed by atoms with E-state index in [1.807, 2.05) is 0 Å². The fraction of sp³-hybridized carbons (Fsp3) is 0.846. The lowest BCUT2D eigenvalue weighted by molar-refractivity contribution is -0.138. The number of carbonyl (C=O) groups excluding carboxylic acids is 1. The van der Waals surface area contributed by atoms with Crippen molar-refractivity contribution < 1.29 is 14.7 Å². The van der Waals surface area contributed by atoms with Crippen molar-refractivity contribution >= 4 is 11.9 Å². The van der Waals surface area contributed by atoms with Crippen LogP contribution in [0.25, 0.3) is 0 Å². The predicted molar refractivity (Wildman–Crippen MR) is 69.2 cm³/mol. The van der Waals surface area contributed by atoms with Crippen molar-refractivity contribution in [1.82, 2.24) is 10.6 Å². The number of carboxylic acids is 1. The molecule has 1 aliphatic heterocycles. The summed E-state index contributed by atoms with van der Waals surface area (Å²) in [6, 6.07) is 0. The number of hydrogen-bond acceptors (Lipinski definition) is 3. The van der Waals surface area contributed by atoms with Gasteiger partial charge in [0.05, 0.1) is 5.92 Å². The second-order valence-corrected chi connectivity index (χ2v) is 5.53. The maximum Gasteiger partial charge on any atom is 0.303 e. The summed E-state index contributed by atoms with van der Waals surface area (Å²) in [6.45, 7) is 6.23. The lowest BCUT2D eigenvalue weighted by atomic mass is 9.94. The molecule has 0 radical (unpaired) electrons. The topological polar surface area (TPSA) is 78.4 Å². The van der Waals surface area contributed by atoms with Gasteiger partial charge in [-0.25, -0.2) is 0 Å². The average Bonchev–Trinajstić information content (AvgIpc) is 2.77. The molecule has 1 amide bonds. The largest absolute Gasteiger partial charge is 0.481 e. The third kappa shape index (κ3) is 5.49. The third-order valence-corrected chi connectivity index (χ3v) is 3.26. The standard InChI is InChI=1S/C13H24N2O3/c1-9(2)5-10(6-12(16)17)7-15-13(18)11-3-4-14-8-11/h9-11,14H,3-8H2,1-2H3,(H,15,18)(H,16,17)/t10-,11+/m1/s1. The minimum Gasteiger partial charge on any atom is -0.481 e. The van der Waals surface area contributed by atoms with Crippen LogP contribution in [0.1, 0.15) is 33.1 Å². The number of aliphatic carboxylic acids is 1. The molecule has 0 bridgehead atoms. The Kier molecular flexibility index (Phi) is 6.12. The van der Waals surface area contributed by atoms with Crippen molar-refractivity contribution in [3.63, 3.8) is 0 Å². The number of amides is 1. The van der Waals surface area contributed by atoms with Crippen LogP contribution >= 0.6 is 0 Å². The molecule has 1 fully saturated rings. The Balaban J connectivity index is 2.35. The van der Waals surface area contributed by atoms with E-state index in [0.717, 1.165) is 25.9 Å². The van der Waals surface area contributed by atoms with Crippen molar-refractivity contribution in [2.24, 2.45) is 17.8 Å². The van der Waals surface area contributed by atoms with Crippen LogP contribution in [0, 0.1) is 17.8 Å². The zero-order valence-corrected chi connectivity index (χ0v) is 11.2. The summed E-state index contributed by atoms with van der Waals surface area (Å²) in [5.41, 5.74) is 0. The molecule has 0 aromatic rings. The maximum absolute atomic E-state index is 11.8. The van der Waals surface area contributed by atoms with E-state index in [0.29, 0.717) is 12.5 Å². The Bertz CT molecular complexity index is 286. The Labute approximate surface area is 108 Å². The van der Waals surface area contributed by atoms with Gasteiger partial charge in [-0.1, -0.05) is 13.8 Å². The van der Waals surface area contributed by atoms with Gasteiger partial charge >= 0.3 is 5.97 Å². The summed E-state index contributed by atoms with van der Waals surface area (Å²) in [5, 5.41) is 14.9. The highest BCUT2D eigenvalue weighted by molar-refractivity contribution is 5.79. The lowest BCUT2D eigenvalue weighted by Gasteiger charge is -2.19. The minimum atomic E-state index is -0.794. The van der Waals surface area contributed by atoms with Crippen LogP contribution in [0.2, 0.25) is 0 Å². The molecule has 5 nitrogen and oxygen atoms in total. The summed E-state index contributed by atoms with van der Waals surface area (Å²) < 4.78 is 0. The predicted octanol–water partition coefficient (Wildman–Crippen LogP) is 0.849. The molecular weight excluding hydrogens is 232 g/mol. The van der Waals surface area contributed by atoms with Gasteiger partial charge in [0.1, 0.15) is 0 Å². The van der Waals surface area contributed by atoms with E-state index in [9.17, 15) is 9.59 Å². The van der Waals surface area contributed by atoms with Crippen LogP contribution in [0.3, 0.4) is 0 Å². The molecule has 1 aliphatic rings. The summed E-state index contributed by atoms with van der Waals surface area (Å²) >= 11 is 0. The van der Waals surface area contributed by atoms with Gasteiger partial charge in [0, 0.05) is 19.5 Å². The summed E-state index contributed by atoms with van der Waals surface area (Å²) in [4.78, 5) is 22.6. The highest BCUT2D eigenvalue weighted by Gasteiger charge is 2.23. The van der Waals surface area contributed by atoms with E-state index in [-0.39, 0.29) is 24.2 Å². The van der Waals surface area contributed by atoms with E-state index in [1.165, 1.54) is 0 Å². The smallest absolute Gasteiger partial charge is 0.303 e. The summed E-state index contributed by atoms with van der Waals surface area (Å²) in [7, 11) is 0. The van der Waals surface area contributed by atoms with Crippen molar-refractivity contribution in [3.05, 3.63) is 0 Å². The van der Waals surface area contributed by atoms with Gasteiger partial charge in [-0.2, -0.15) is 0 Å². The average molecular weight is 256 g/mol. The molecule has 104 valence electrons. The third-order valence-electron chi connectivity index (χ3n) is 3.26. The zero-order valence-electron chi connectivity index (χ0n) is 11.2. The van der Waals surface area contributed by atoms with Crippen molar-refractivity contribution in [3.8, 4) is 0 Å². The SMILES string of the molecule is CC(C)C[C@@H](CNC(=O)[C@H]1CCNC1)CC(=O)O. The molecular formula is C13H24N2O3. The first-order valence-electron chi connectivity index (χ1n) is 6.69. The molecule has 0 aromatic heterocycles. The van der Waals surface area contributed by atoms with Gasteiger partial charge < -0.3 is 15.7 Å². The molecule has 0 aliphatic carbocycles. The molecule has 1 heterocycles. The number of rotatable bonds is 7. The first-order chi connectivity index (χ1) is 8.49. The van der Waals surface area contributed by atoms with Crippen LogP contribution in [0.5, 0.6) is 0 Å². The monoisotopic (exact) mass is 256 g/mol. The van der Waals surface area contributed by atoms with Crippen LogP contribution < -0.4 is 10.6 Å². The van der Waals surface area contributed by atoms with Crippen molar-refractivity contribution in [2.75, 3.05) is 19.6 Å². The Morgan fingerprint density at radius 3 is 2.67 bits per heavy atom. The Morgan fingerprint density at radius 1 is 1.44 bits per heavy atom. The molecule has 3 N–H and O–H groups in total. The van der Waals surface area contributed by atoms with E-state index in [4.69, 9.17) is 5.11 Å². The first kappa shape index (κ1) is 15.0. The minimum absolute atomic E-state index is 0.0285. The molecule has 1 rings (SSSR count). The first-order valence-corrected chi connectivity index (χ1v) is 6.69. The molecule has 0 aromatic carbocycles. The van der Waals surface area contributed by atoms with Crippen LogP contribution in [-0.4, -0.2) is 36.6 Å². The van der Waals surface area contributed by atoms with Crippen LogP contribution in [0.4, 0.5) is 0 Å². The maximum atomic E-state index is 11.8. The number of nitrogens with one attached hydrogen (secondary N) is 2. The summed E-state index contributed by atoms with van der Waals surface area (Å²) in [6.07, 6.45) is 1.83. The second kappa shape index (κ2) is 7.36. The molecule has 0 unspecified atom stereocenters. The molecule has 0 saturated carbocycles. The number of carbonyl (C=O) groups is 2. The van der Waals surface area contributed by atoms with Gasteiger partial charge in [-0.3, -0.25) is 9.59 Å². The van der Waals surface area contributed by atoms with Gasteiger partial charge in [0.15, 0.2) is 0 Å². The van der Waals surface area contributed by atoms with E-state index >= 15 is 0 Å². The number of hydrogen-bond donors (Lipinski definition) is 3. The van der Waals surface area contributed by atoms with Crippen LogP contribution in [0.15, 0.2) is 0 Å². The normalized spacial score (nSPS) is 20.9. The number of carboxylic acid groups (broad SMARTS) is 1. The van der Waals surface area contributed by atoms with Gasteiger partial charge in [-0.05, 0) is 31.2 Å². The molecule has 2 atom stereocenters. The molecule has 18 heavy (non-hydrogen) atoms. The summed E-state index contributed by atoms with van der Waals surface area (Å²) in [5.74, 6) is -0.216. The highest BCUT2D eigenvalue weighted by Crippen LogP contribution is 2.15. The van der Waals surface area contributed by atoms with Crippen LogP contribution in [-0.2, 0) is 9.59 Å². The van der Waals surface area contributed by atoms with Crippen molar-refractivity contribution in [2.45, 2.75) is 33.1 Å². The fourth-order valence-electron chi connectivity index (χ4n) is 2.42. The zero-order chi connectivity index (χ0) is 13.5. The van der Waals surface area contributed by atoms with Gasteiger partial charge in [0.2, 0.25) is 5.91 Å². The Morgan fingerprint density at radius 2 is 2.17 bits per heavy atom.